The third-order valence-electron chi connectivity index (χ3n) is 2.74. The number of fused-ring (bicyclic) bond motifs is 1. The highest BCUT2D eigenvalue weighted by Gasteiger charge is 2.10. The van der Waals surface area contributed by atoms with Crippen molar-refractivity contribution in [2.75, 3.05) is 13.3 Å². The van der Waals surface area contributed by atoms with Crippen LogP contribution < -0.4 is 10.1 Å². The first-order valence-corrected chi connectivity index (χ1v) is 6.32. The maximum absolute atomic E-state index is 8.42. The Morgan fingerprint density at radius 1 is 1.16 bits per heavy atom. The van der Waals surface area contributed by atoms with Gasteiger partial charge in [0.1, 0.15) is 0 Å². The summed E-state index contributed by atoms with van der Waals surface area (Å²) < 4.78 is 5.19. The van der Waals surface area contributed by atoms with Gasteiger partial charge in [-0.15, -0.1) is 0 Å². The SMILES string of the molecule is OCNCc1ccccc1.c1cnc2c(c1)CCO2. The summed E-state index contributed by atoms with van der Waals surface area (Å²) in [6.45, 7) is 1.57. The third-order valence-corrected chi connectivity index (χ3v) is 2.74. The molecule has 1 aromatic heterocycles. The van der Waals surface area contributed by atoms with E-state index in [0.717, 1.165) is 25.5 Å². The Hall–Kier alpha value is -1.91. The summed E-state index contributed by atoms with van der Waals surface area (Å²) in [5, 5.41) is 11.2. The van der Waals surface area contributed by atoms with Crippen LogP contribution in [0, 0.1) is 0 Å². The first-order valence-electron chi connectivity index (χ1n) is 6.32. The van der Waals surface area contributed by atoms with Crippen molar-refractivity contribution in [2.24, 2.45) is 0 Å². The molecule has 0 saturated carbocycles. The lowest BCUT2D eigenvalue weighted by atomic mass is 10.2. The molecule has 0 atom stereocenters. The van der Waals surface area contributed by atoms with Gasteiger partial charge in [0, 0.05) is 24.7 Å². The number of nitrogens with one attached hydrogen (secondary N) is 1. The average Bonchev–Trinajstić information content (AvgIpc) is 2.95. The van der Waals surface area contributed by atoms with E-state index in [1.807, 2.05) is 36.4 Å². The van der Waals surface area contributed by atoms with Gasteiger partial charge in [0.25, 0.3) is 0 Å². The summed E-state index contributed by atoms with van der Waals surface area (Å²) in [4.78, 5) is 4.04. The number of nitrogens with zero attached hydrogens (tertiary/aromatic N) is 1. The number of hydrogen-bond donors (Lipinski definition) is 2. The maximum atomic E-state index is 8.42. The van der Waals surface area contributed by atoms with Crippen molar-refractivity contribution in [3.8, 4) is 5.88 Å². The zero-order valence-electron chi connectivity index (χ0n) is 10.7. The minimum absolute atomic E-state index is 0.0366. The monoisotopic (exact) mass is 258 g/mol. The van der Waals surface area contributed by atoms with Crippen LogP contribution in [0.1, 0.15) is 11.1 Å². The minimum atomic E-state index is 0.0366. The molecular formula is C15H18N2O2. The first-order chi connectivity index (χ1) is 9.40. The van der Waals surface area contributed by atoms with Gasteiger partial charge >= 0.3 is 0 Å². The fraction of sp³-hybridized carbons (Fsp3) is 0.267. The van der Waals surface area contributed by atoms with Crippen LogP contribution in [0.2, 0.25) is 0 Å². The fourth-order valence-electron chi connectivity index (χ4n) is 1.80. The summed E-state index contributed by atoms with van der Waals surface area (Å²) >= 11 is 0. The quantitative estimate of drug-likeness (QED) is 0.823. The van der Waals surface area contributed by atoms with Gasteiger partial charge < -0.3 is 9.84 Å². The molecule has 2 aromatic rings. The topological polar surface area (TPSA) is 54.4 Å². The number of rotatable bonds is 3. The number of benzene rings is 1. The highest BCUT2D eigenvalue weighted by atomic mass is 16.5. The van der Waals surface area contributed by atoms with Gasteiger partial charge in [0.2, 0.25) is 5.88 Å². The molecular weight excluding hydrogens is 240 g/mol. The maximum Gasteiger partial charge on any atom is 0.216 e. The van der Waals surface area contributed by atoms with Crippen LogP contribution in [0.3, 0.4) is 0 Å². The highest BCUT2D eigenvalue weighted by Crippen LogP contribution is 2.19. The molecule has 100 valence electrons. The Labute approximate surface area is 113 Å². The van der Waals surface area contributed by atoms with Crippen LogP contribution in [0.25, 0.3) is 0 Å². The van der Waals surface area contributed by atoms with Crippen molar-refractivity contribution in [1.82, 2.24) is 10.3 Å². The van der Waals surface area contributed by atoms with Gasteiger partial charge in [-0.2, -0.15) is 0 Å². The van der Waals surface area contributed by atoms with E-state index in [4.69, 9.17) is 9.84 Å². The van der Waals surface area contributed by atoms with Crippen LogP contribution in [0.15, 0.2) is 48.7 Å². The zero-order chi connectivity index (χ0) is 13.3. The lowest BCUT2D eigenvalue weighted by Crippen LogP contribution is -2.13. The summed E-state index contributed by atoms with van der Waals surface area (Å²) in [5.74, 6) is 0.817. The number of aromatic nitrogens is 1. The summed E-state index contributed by atoms with van der Waals surface area (Å²) in [7, 11) is 0. The van der Waals surface area contributed by atoms with Crippen molar-refractivity contribution in [2.45, 2.75) is 13.0 Å². The molecule has 1 aromatic carbocycles. The predicted octanol–water partition coefficient (Wildman–Crippen LogP) is 1.74. The Morgan fingerprint density at radius 2 is 2.00 bits per heavy atom. The molecule has 2 heterocycles. The number of aliphatic hydroxyl groups is 1. The van der Waals surface area contributed by atoms with Gasteiger partial charge in [-0.25, -0.2) is 4.98 Å². The van der Waals surface area contributed by atoms with Gasteiger partial charge in [-0.1, -0.05) is 36.4 Å². The van der Waals surface area contributed by atoms with Crippen LogP contribution in [-0.2, 0) is 13.0 Å². The van der Waals surface area contributed by atoms with Crippen LogP contribution in [-0.4, -0.2) is 23.4 Å². The number of ether oxygens (including phenoxy) is 1. The van der Waals surface area contributed by atoms with Crippen molar-refractivity contribution >= 4 is 0 Å². The van der Waals surface area contributed by atoms with Gasteiger partial charge in [-0.05, 0) is 11.6 Å². The van der Waals surface area contributed by atoms with Gasteiger partial charge in [0.05, 0.1) is 13.3 Å². The standard InChI is InChI=1S/C8H11NO.C7H7NO/c10-7-9-6-8-4-2-1-3-5-8;1-2-6-3-5-9-7(6)8-4-1/h1-5,9-10H,6-7H2;1-2,4H,3,5H2. The molecule has 0 fully saturated rings. The molecule has 1 aliphatic heterocycles. The van der Waals surface area contributed by atoms with Gasteiger partial charge in [-0.3, -0.25) is 5.32 Å². The van der Waals surface area contributed by atoms with E-state index >= 15 is 0 Å². The second-order valence-corrected chi connectivity index (χ2v) is 4.14. The molecule has 3 rings (SSSR count). The van der Waals surface area contributed by atoms with Crippen LogP contribution >= 0.6 is 0 Å². The molecule has 4 heteroatoms. The van der Waals surface area contributed by atoms with Crippen molar-refractivity contribution in [3.63, 3.8) is 0 Å². The smallest absolute Gasteiger partial charge is 0.216 e. The van der Waals surface area contributed by atoms with Crippen LogP contribution in [0.5, 0.6) is 5.88 Å². The number of pyridine rings is 1. The lowest BCUT2D eigenvalue weighted by Gasteiger charge is -1.98. The molecule has 0 radical (unpaired) electrons. The lowest BCUT2D eigenvalue weighted by molar-refractivity contribution is 0.259. The Bertz CT molecular complexity index is 466. The largest absolute Gasteiger partial charge is 0.477 e. The van der Waals surface area contributed by atoms with Crippen LogP contribution in [0.4, 0.5) is 0 Å². The van der Waals surface area contributed by atoms with E-state index in [9.17, 15) is 0 Å². The van der Waals surface area contributed by atoms with E-state index in [2.05, 4.69) is 16.4 Å². The molecule has 0 bridgehead atoms. The summed E-state index contributed by atoms with van der Waals surface area (Å²) in [6, 6.07) is 14.0. The molecule has 19 heavy (non-hydrogen) atoms. The number of aliphatic hydroxyl groups excluding tert-OH is 1. The normalized spacial score (nSPS) is 12.1. The summed E-state index contributed by atoms with van der Waals surface area (Å²) in [5.41, 5.74) is 2.43. The number of hydrogen-bond acceptors (Lipinski definition) is 4. The fourth-order valence-corrected chi connectivity index (χ4v) is 1.80. The van der Waals surface area contributed by atoms with E-state index in [1.165, 1.54) is 11.1 Å². The third kappa shape index (κ3) is 4.35. The highest BCUT2D eigenvalue weighted by molar-refractivity contribution is 5.28. The van der Waals surface area contributed by atoms with Crippen molar-refractivity contribution in [3.05, 3.63) is 59.8 Å². The van der Waals surface area contributed by atoms with E-state index < -0.39 is 0 Å². The minimum Gasteiger partial charge on any atom is -0.477 e. The van der Waals surface area contributed by atoms with Gasteiger partial charge in [0.15, 0.2) is 0 Å². The molecule has 4 nitrogen and oxygen atoms in total. The second kappa shape index (κ2) is 7.51. The molecule has 0 amide bonds. The van der Waals surface area contributed by atoms with E-state index in [-0.39, 0.29) is 6.73 Å². The second-order valence-electron chi connectivity index (χ2n) is 4.14. The van der Waals surface area contributed by atoms with Crippen molar-refractivity contribution in [1.29, 1.82) is 0 Å². The Kier molecular flexibility index (Phi) is 5.34. The molecule has 1 aliphatic rings. The van der Waals surface area contributed by atoms with Crippen molar-refractivity contribution < 1.29 is 9.84 Å². The average molecular weight is 258 g/mol. The first kappa shape index (κ1) is 13.5. The van der Waals surface area contributed by atoms with E-state index in [0.29, 0.717) is 0 Å². The zero-order valence-corrected chi connectivity index (χ0v) is 10.7. The predicted molar refractivity (Wildman–Crippen MR) is 73.8 cm³/mol. The van der Waals surface area contributed by atoms with E-state index in [1.54, 1.807) is 6.20 Å². The Balaban J connectivity index is 0.000000141. The Morgan fingerprint density at radius 3 is 2.74 bits per heavy atom. The molecule has 0 unspecified atom stereocenters. The summed E-state index contributed by atoms with van der Waals surface area (Å²) in [6.07, 6.45) is 2.77. The molecule has 2 N–H and O–H groups in total. The molecule has 0 saturated heterocycles. The molecule has 0 spiro atoms. The molecule has 0 aliphatic carbocycles.